The average Bonchev–Trinajstić information content (AvgIpc) is 2.78. The molecule has 154 valence electrons. The van der Waals surface area contributed by atoms with E-state index in [0.717, 1.165) is 0 Å². The predicted octanol–water partition coefficient (Wildman–Crippen LogP) is 3.62. The topological polar surface area (TPSA) is 78.9 Å². The van der Waals surface area contributed by atoms with Crippen molar-refractivity contribution in [1.29, 1.82) is 0 Å². The van der Waals surface area contributed by atoms with Crippen LogP contribution in [0.3, 0.4) is 0 Å². The molecule has 2 atom stereocenters. The summed E-state index contributed by atoms with van der Waals surface area (Å²) < 4.78 is 5.71. The zero-order valence-corrected chi connectivity index (χ0v) is 16.7. The maximum absolute atomic E-state index is 12.4. The van der Waals surface area contributed by atoms with E-state index in [1.54, 1.807) is 18.2 Å². The number of para-hydroxylation sites is 1. The van der Waals surface area contributed by atoms with Crippen LogP contribution in [0.5, 0.6) is 0 Å². The Hall–Kier alpha value is -3.22. The molecule has 0 bridgehead atoms. The highest BCUT2D eigenvalue weighted by Crippen LogP contribution is 2.26. The lowest BCUT2D eigenvalue weighted by Gasteiger charge is -2.34. The monoisotopic (exact) mass is 404 g/mol. The van der Waals surface area contributed by atoms with Crippen molar-refractivity contribution < 1.29 is 19.4 Å². The van der Waals surface area contributed by atoms with Crippen molar-refractivity contribution in [3.05, 3.63) is 77.9 Å². The zero-order chi connectivity index (χ0) is 21.1. The number of aromatic carboxylic acids is 1. The SMILES string of the molecule is C[C@@H](NCC1CN(c2ccccc2C(=O)O)C(=O)CO1)c1cccc2ccccc12. The summed E-state index contributed by atoms with van der Waals surface area (Å²) in [5, 5.41) is 15.4. The number of hydrogen-bond donors (Lipinski definition) is 2. The van der Waals surface area contributed by atoms with E-state index in [0.29, 0.717) is 18.8 Å². The maximum Gasteiger partial charge on any atom is 0.337 e. The van der Waals surface area contributed by atoms with Crippen LogP contribution >= 0.6 is 0 Å². The Kier molecular flexibility index (Phi) is 5.79. The Morgan fingerprint density at radius 2 is 1.87 bits per heavy atom. The van der Waals surface area contributed by atoms with E-state index in [4.69, 9.17) is 4.74 Å². The minimum absolute atomic E-state index is 0.0665. The summed E-state index contributed by atoms with van der Waals surface area (Å²) in [6.45, 7) is 2.89. The molecule has 0 saturated carbocycles. The molecule has 1 aliphatic rings. The van der Waals surface area contributed by atoms with E-state index < -0.39 is 5.97 Å². The number of amides is 1. The summed E-state index contributed by atoms with van der Waals surface area (Å²) in [6, 6.07) is 21.2. The number of benzene rings is 3. The van der Waals surface area contributed by atoms with Crippen molar-refractivity contribution in [2.75, 3.05) is 24.6 Å². The smallest absolute Gasteiger partial charge is 0.337 e. The highest BCUT2D eigenvalue weighted by Gasteiger charge is 2.30. The first-order chi connectivity index (χ1) is 14.5. The lowest BCUT2D eigenvalue weighted by molar-refractivity contribution is -0.129. The van der Waals surface area contributed by atoms with Gasteiger partial charge < -0.3 is 20.1 Å². The largest absolute Gasteiger partial charge is 0.478 e. The van der Waals surface area contributed by atoms with Crippen LogP contribution in [0.2, 0.25) is 0 Å². The molecule has 6 heteroatoms. The molecule has 1 heterocycles. The quantitative estimate of drug-likeness (QED) is 0.656. The number of fused-ring (bicyclic) bond motifs is 1. The number of nitrogens with zero attached hydrogens (tertiary/aromatic N) is 1. The van der Waals surface area contributed by atoms with E-state index in [9.17, 15) is 14.7 Å². The summed E-state index contributed by atoms with van der Waals surface area (Å²) in [5.41, 5.74) is 1.72. The molecular weight excluding hydrogens is 380 g/mol. The van der Waals surface area contributed by atoms with Gasteiger partial charge in [0.2, 0.25) is 0 Å². The molecule has 1 unspecified atom stereocenters. The lowest BCUT2D eigenvalue weighted by atomic mass is 9.99. The van der Waals surface area contributed by atoms with Crippen LogP contribution in [0.4, 0.5) is 5.69 Å². The van der Waals surface area contributed by atoms with Crippen molar-refractivity contribution in [3.63, 3.8) is 0 Å². The lowest BCUT2D eigenvalue weighted by Crippen LogP contribution is -2.50. The number of nitrogens with one attached hydrogen (secondary N) is 1. The van der Waals surface area contributed by atoms with Crippen LogP contribution in [-0.4, -0.2) is 42.8 Å². The van der Waals surface area contributed by atoms with Gasteiger partial charge in [0, 0.05) is 12.6 Å². The standard InChI is InChI=1S/C24H24N2O4/c1-16(19-11-6-8-17-7-2-3-9-20(17)19)25-13-18-14-26(23(27)15-30-18)22-12-5-4-10-21(22)24(28)29/h2-12,16,18,25H,13-15H2,1H3,(H,28,29)/t16-,18?/m1/s1. The van der Waals surface area contributed by atoms with Crippen molar-refractivity contribution in [3.8, 4) is 0 Å². The third-order valence-corrected chi connectivity index (χ3v) is 5.50. The molecule has 2 N–H and O–H groups in total. The number of ether oxygens (including phenoxy) is 1. The third kappa shape index (κ3) is 4.06. The molecule has 3 aromatic carbocycles. The van der Waals surface area contributed by atoms with E-state index in [1.807, 2.05) is 12.1 Å². The number of hydrogen-bond acceptors (Lipinski definition) is 4. The molecular formula is C24H24N2O4. The highest BCUT2D eigenvalue weighted by molar-refractivity contribution is 6.02. The molecule has 0 radical (unpaired) electrons. The Labute approximate surface area is 175 Å². The molecule has 1 aliphatic heterocycles. The highest BCUT2D eigenvalue weighted by atomic mass is 16.5. The molecule has 1 fully saturated rings. The van der Waals surface area contributed by atoms with Gasteiger partial charge in [0.25, 0.3) is 5.91 Å². The number of carbonyl (C=O) groups excluding carboxylic acids is 1. The van der Waals surface area contributed by atoms with Crippen LogP contribution in [0, 0.1) is 0 Å². The Bertz CT molecular complexity index is 1080. The van der Waals surface area contributed by atoms with Gasteiger partial charge in [-0.05, 0) is 35.4 Å². The van der Waals surface area contributed by atoms with Gasteiger partial charge in [0.05, 0.1) is 23.9 Å². The summed E-state index contributed by atoms with van der Waals surface area (Å²) in [7, 11) is 0. The fourth-order valence-corrected chi connectivity index (χ4v) is 3.92. The third-order valence-electron chi connectivity index (χ3n) is 5.50. The number of rotatable bonds is 6. The summed E-state index contributed by atoms with van der Waals surface area (Å²) in [6.07, 6.45) is -0.234. The zero-order valence-electron chi connectivity index (χ0n) is 16.7. The Balaban J connectivity index is 1.47. The van der Waals surface area contributed by atoms with E-state index in [2.05, 4.69) is 42.6 Å². The summed E-state index contributed by atoms with van der Waals surface area (Å²) in [4.78, 5) is 25.5. The van der Waals surface area contributed by atoms with Gasteiger partial charge in [-0.3, -0.25) is 4.79 Å². The van der Waals surface area contributed by atoms with Crippen molar-refractivity contribution in [1.82, 2.24) is 5.32 Å². The first kappa shape index (κ1) is 20.1. The van der Waals surface area contributed by atoms with Crippen molar-refractivity contribution in [2.24, 2.45) is 0 Å². The molecule has 6 nitrogen and oxygen atoms in total. The van der Waals surface area contributed by atoms with Crippen LogP contribution < -0.4 is 10.2 Å². The number of carboxylic acids is 1. The normalized spacial score (nSPS) is 17.8. The van der Waals surface area contributed by atoms with Gasteiger partial charge in [-0.25, -0.2) is 4.79 Å². The molecule has 4 rings (SSSR count). The maximum atomic E-state index is 12.4. The van der Waals surface area contributed by atoms with Gasteiger partial charge in [0.15, 0.2) is 0 Å². The minimum Gasteiger partial charge on any atom is -0.478 e. The first-order valence-corrected chi connectivity index (χ1v) is 10.00. The van der Waals surface area contributed by atoms with Crippen molar-refractivity contribution in [2.45, 2.75) is 19.1 Å². The van der Waals surface area contributed by atoms with Crippen LogP contribution in [0.15, 0.2) is 66.7 Å². The number of morpholine rings is 1. The Morgan fingerprint density at radius 1 is 1.13 bits per heavy atom. The second-order valence-corrected chi connectivity index (χ2v) is 7.46. The fraction of sp³-hybridized carbons (Fsp3) is 0.250. The van der Waals surface area contributed by atoms with Gasteiger partial charge in [-0.15, -0.1) is 0 Å². The van der Waals surface area contributed by atoms with Crippen LogP contribution in [0.25, 0.3) is 10.8 Å². The second-order valence-electron chi connectivity index (χ2n) is 7.46. The molecule has 1 amide bonds. The summed E-state index contributed by atoms with van der Waals surface area (Å²) in [5.74, 6) is -1.29. The molecule has 1 saturated heterocycles. The van der Waals surface area contributed by atoms with Gasteiger partial charge in [-0.1, -0.05) is 54.6 Å². The van der Waals surface area contributed by atoms with E-state index >= 15 is 0 Å². The molecule has 3 aromatic rings. The number of carbonyl (C=O) groups is 2. The summed E-state index contributed by atoms with van der Waals surface area (Å²) >= 11 is 0. The van der Waals surface area contributed by atoms with E-state index in [1.165, 1.54) is 27.3 Å². The van der Waals surface area contributed by atoms with Crippen molar-refractivity contribution >= 4 is 28.3 Å². The van der Waals surface area contributed by atoms with Gasteiger partial charge in [-0.2, -0.15) is 0 Å². The predicted molar refractivity (Wildman–Crippen MR) is 116 cm³/mol. The van der Waals surface area contributed by atoms with Gasteiger partial charge in [0.1, 0.15) is 6.61 Å². The van der Waals surface area contributed by atoms with Gasteiger partial charge >= 0.3 is 5.97 Å². The average molecular weight is 404 g/mol. The molecule has 0 spiro atoms. The first-order valence-electron chi connectivity index (χ1n) is 10.00. The minimum atomic E-state index is -1.05. The van der Waals surface area contributed by atoms with Crippen LogP contribution in [0.1, 0.15) is 28.9 Å². The molecule has 0 aliphatic carbocycles. The second kappa shape index (κ2) is 8.65. The number of anilines is 1. The molecule has 0 aromatic heterocycles. The van der Waals surface area contributed by atoms with Crippen LogP contribution in [-0.2, 0) is 9.53 Å². The Morgan fingerprint density at radius 3 is 2.70 bits per heavy atom. The molecule has 30 heavy (non-hydrogen) atoms. The number of carboxylic acid groups (broad SMARTS) is 1. The fourth-order valence-electron chi connectivity index (χ4n) is 3.92. The van der Waals surface area contributed by atoms with E-state index in [-0.39, 0.29) is 30.2 Å².